The van der Waals surface area contributed by atoms with Crippen molar-refractivity contribution in [3.63, 3.8) is 0 Å². The highest BCUT2D eigenvalue weighted by Gasteiger charge is 2.44. The number of aliphatic hydroxyl groups excluding tert-OH is 4. The van der Waals surface area contributed by atoms with Crippen LogP contribution in [0, 0.1) is 0 Å². The molecule has 10 nitrogen and oxygen atoms in total. The molecule has 1 aliphatic heterocycles. The monoisotopic (exact) mass is 823 g/mol. The molecule has 10 heteroatoms. The first kappa shape index (κ1) is 53.9. The molecule has 0 aromatic heterocycles. The van der Waals surface area contributed by atoms with Gasteiger partial charge >= 0.3 is 11.9 Å². The number of allylic oxidation sites excluding steroid dienone is 6. The van der Waals surface area contributed by atoms with Crippen LogP contribution in [0.15, 0.2) is 36.5 Å². The lowest BCUT2D eigenvalue weighted by Crippen LogP contribution is -2.59. The Morgan fingerprint density at radius 1 is 0.534 bits per heavy atom. The van der Waals surface area contributed by atoms with Crippen LogP contribution in [0.3, 0.4) is 0 Å². The van der Waals surface area contributed by atoms with Gasteiger partial charge in [0, 0.05) is 12.8 Å². The van der Waals surface area contributed by atoms with Crippen molar-refractivity contribution in [3.05, 3.63) is 36.5 Å². The molecule has 1 saturated heterocycles. The van der Waals surface area contributed by atoms with Gasteiger partial charge in [0.25, 0.3) is 0 Å². The molecule has 0 bridgehead atoms. The van der Waals surface area contributed by atoms with Gasteiger partial charge in [-0.25, -0.2) is 0 Å². The van der Waals surface area contributed by atoms with Gasteiger partial charge < -0.3 is 39.4 Å². The van der Waals surface area contributed by atoms with Crippen molar-refractivity contribution in [1.82, 2.24) is 0 Å². The molecule has 6 unspecified atom stereocenters. The van der Waals surface area contributed by atoms with E-state index in [0.29, 0.717) is 12.8 Å². The van der Waals surface area contributed by atoms with E-state index in [4.69, 9.17) is 18.9 Å². The van der Waals surface area contributed by atoms with Crippen LogP contribution in [-0.2, 0) is 28.5 Å². The third kappa shape index (κ3) is 30.0. The Balaban J connectivity index is 2.32. The first-order chi connectivity index (χ1) is 28.3. The Morgan fingerprint density at radius 2 is 0.966 bits per heavy atom. The maximum atomic E-state index is 12.8. The van der Waals surface area contributed by atoms with Crippen molar-refractivity contribution in [2.24, 2.45) is 0 Å². The normalized spacial score (nSPS) is 20.4. The number of hydrogen-bond donors (Lipinski definition) is 4. The van der Waals surface area contributed by atoms with Gasteiger partial charge in [0.05, 0.1) is 13.2 Å². The van der Waals surface area contributed by atoms with Gasteiger partial charge in [-0.15, -0.1) is 0 Å². The Hall–Kier alpha value is -2.08. The summed E-state index contributed by atoms with van der Waals surface area (Å²) in [6, 6.07) is 0. The summed E-state index contributed by atoms with van der Waals surface area (Å²) < 4.78 is 22.2. The standard InChI is InChI=1S/C48H86O10/c1-3-5-7-9-11-13-15-17-19-21-23-25-27-29-31-33-35-37-44(51)57-41(40-56-48-47(54)46(53)45(52)42(38-49)58-48)39-55-43(50)36-34-32-30-28-26-24-22-20-18-16-14-12-10-8-6-4-2/h11,13,17,19-20,22,41-42,45-49,52-54H,3-10,12,14-16,18,21,23-40H2,1-2H3/b13-11-,19-17-,22-20-. The summed E-state index contributed by atoms with van der Waals surface area (Å²) in [7, 11) is 0. The lowest BCUT2D eigenvalue weighted by Gasteiger charge is -2.39. The highest BCUT2D eigenvalue weighted by molar-refractivity contribution is 5.70. The van der Waals surface area contributed by atoms with Crippen molar-refractivity contribution in [2.75, 3.05) is 19.8 Å². The number of aliphatic hydroxyl groups is 4. The summed E-state index contributed by atoms with van der Waals surface area (Å²) in [5, 5.41) is 40.1. The van der Waals surface area contributed by atoms with Gasteiger partial charge in [-0.1, -0.05) is 153 Å². The quantitative estimate of drug-likeness (QED) is 0.0268. The highest BCUT2D eigenvalue weighted by Crippen LogP contribution is 2.23. The molecule has 0 saturated carbocycles. The minimum atomic E-state index is -1.60. The summed E-state index contributed by atoms with van der Waals surface area (Å²) in [5.74, 6) is -0.822. The SMILES string of the molecule is CCCCC/C=C\C/C=C\CCCCCCCCCC(=O)OC(COC(=O)CCCCCCC/C=C\CCCCCCCCC)COC1OC(CO)C(O)C(O)C1O. The van der Waals surface area contributed by atoms with Crippen LogP contribution in [0.5, 0.6) is 0 Å². The van der Waals surface area contributed by atoms with Crippen LogP contribution in [0.2, 0.25) is 0 Å². The maximum absolute atomic E-state index is 12.8. The third-order valence-electron chi connectivity index (χ3n) is 10.7. The van der Waals surface area contributed by atoms with Crippen LogP contribution in [0.25, 0.3) is 0 Å². The average Bonchev–Trinajstić information content (AvgIpc) is 3.22. The zero-order valence-electron chi connectivity index (χ0n) is 36.8. The summed E-state index contributed by atoms with van der Waals surface area (Å²) in [6.07, 6.45) is 37.1. The first-order valence-electron chi connectivity index (χ1n) is 23.6. The summed E-state index contributed by atoms with van der Waals surface area (Å²) in [4.78, 5) is 25.4. The lowest BCUT2D eigenvalue weighted by atomic mass is 9.99. The minimum Gasteiger partial charge on any atom is -0.462 e. The van der Waals surface area contributed by atoms with Crippen LogP contribution in [-0.4, -0.2) is 89.0 Å². The molecule has 338 valence electrons. The molecule has 1 aliphatic rings. The molecule has 1 rings (SSSR count). The van der Waals surface area contributed by atoms with Crippen molar-refractivity contribution in [2.45, 2.75) is 237 Å². The largest absolute Gasteiger partial charge is 0.462 e. The fraction of sp³-hybridized carbons (Fsp3) is 0.833. The summed E-state index contributed by atoms with van der Waals surface area (Å²) in [5.41, 5.74) is 0. The number of hydrogen-bond acceptors (Lipinski definition) is 10. The van der Waals surface area contributed by atoms with E-state index in [1.54, 1.807) is 0 Å². The molecule has 0 radical (unpaired) electrons. The number of esters is 2. The second-order valence-corrected chi connectivity index (χ2v) is 16.2. The number of carbonyl (C=O) groups excluding carboxylic acids is 2. The molecule has 4 N–H and O–H groups in total. The lowest BCUT2D eigenvalue weighted by molar-refractivity contribution is -0.305. The van der Waals surface area contributed by atoms with Gasteiger partial charge in [-0.3, -0.25) is 9.59 Å². The smallest absolute Gasteiger partial charge is 0.306 e. The molecule has 0 spiro atoms. The van der Waals surface area contributed by atoms with Crippen molar-refractivity contribution >= 4 is 11.9 Å². The molecule has 6 atom stereocenters. The zero-order chi connectivity index (χ0) is 42.3. The molecule has 58 heavy (non-hydrogen) atoms. The minimum absolute atomic E-state index is 0.220. The number of rotatable bonds is 39. The van der Waals surface area contributed by atoms with E-state index < -0.39 is 49.4 Å². The Labute approximate surface area is 353 Å². The molecular weight excluding hydrogens is 737 g/mol. The maximum Gasteiger partial charge on any atom is 0.306 e. The average molecular weight is 823 g/mol. The fourth-order valence-electron chi connectivity index (χ4n) is 6.98. The Bertz CT molecular complexity index is 1040. The van der Waals surface area contributed by atoms with Gasteiger partial charge in [0.1, 0.15) is 31.0 Å². The van der Waals surface area contributed by atoms with Crippen molar-refractivity contribution in [1.29, 1.82) is 0 Å². The predicted molar refractivity (Wildman–Crippen MR) is 233 cm³/mol. The highest BCUT2D eigenvalue weighted by atomic mass is 16.7. The van der Waals surface area contributed by atoms with Crippen LogP contribution >= 0.6 is 0 Å². The number of ether oxygens (including phenoxy) is 4. The molecule has 1 fully saturated rings. The second kappa shape index (κ2) is 39.1. The van der Waals surface area contributed by atoms with E-state index >= 15 is 0 Å². The Morgan fingerprint density at radius 3 is 1.48 bits per heavy atom. The Kier molecular flexibility index (Phi) is 36.3. The molecule has 0 aromatic carbocycles. The van der Waals surface area contributed by atoms with Gasteiger partial charge in [-0.05, 0) is 70.6 Å². The third-order valence-corrected chi connectivity index (χ3v) is 10.7. The van der Waals surface area contributed by atoms with Gasteiger partial charge in [0.15, 0.2) is 12.4 Å². The summed E-state index contributed by atoms with van der Waals surface area (Å²) >= 11 is 0. The van der Waals surface area contributed by atoms with E-state index in [9.17, 15) is 30.0 Å². The predicted octanol–water partition coefficient (Wildman–Crippen LogP) is 10.3. The number of unbranched alkanes of at least 4 members (excludes halogenated alkanes) is 22. The van der Waals surface area contributed by atoms with E-state index in [1.165, 1.54) is 96.3 Å². The molecule has 0 amide bonds. The van der Waals surface area contributed by atoms with Crippen LogP contribution < -0.4 is 0 Å². The van der Waals surface area contributed by atoms with Gasteiger partial charge in [-0.2, -0.15) is 0 Å². The molecule has 0 aromatic rings. The molecule has 1 heterocycles. The molecular formula is C48H86O10. The van der Waals surface area contributed by atoms with Crippen LogP contribution in [0.4, 0.5) is 0 Å². The fourth-order valence-corrected chi connectivity index (χ4v) is 6.98. The van der Waals surface area contributed by atoms with E-state index in [0.717, 1.165) is 64.2 Å². The van der Waals surface area contributed by atoms with Crippen LogP contribution in [0.1, 0.15) is 200 Å². The second-order valence-electron chi connectivity index (χ2n) is 16.2. The van der Waals surface area contributed by atoms with Crippen molar-refractivity contribution < 1.29 is 49.0 Å². The molecule has 0 aliphatic carbocycles. The summed E-state index contributed by atoms with van der Waals surface area (Å²) in [6.45, 7) is 3.39. The van der Waals surface area contributed by atoms with E-state index in [2.05, 4.69) is 50.3 Å². The zero-order valence-corrected chi connectivity index (χ0v) is 36.8. The van der Waals surface area contributed by atoms with Gasteiger partial charge in [0.2, 0.25) is 0 Å². The van der Waals surface area contributed by atoms with Crippen molar-refractivity contribution in [3.8, 4) is 0 Å². The number of carbonyl (C=O) groups is 2. The topological polar surface area (TPSA) is 152 Å². The van der Waals surface area contributed by atoms with E-state index in [1.807, 2.05) is 0 Å². The van der Waals surface area contributed by atoms with E-state index in [-0.39, 0.29) is 32.0 Å². The first-order valence-corrected chi connectivity index (χ1v) is 23.6.